The van der Waals surface area contributed by atoms with Crippen molar-refractivity contribution in [1.29, 1.82) is 0 Å². The molecule has 12 nitrogen and oxygen atoms in total. The Labute approximate surface area is 238 Å². The van der Waals surface area contributed by atoms with Crippen molar-refractivity contribution in [2.24, 2.45) is 0 Å². The van der Waals surface area contributed by atoms with E-state index in [9.17, 15) is 45.6 Å². The largest absolute Gasteiger partial charge is 0.394 e. The second kappa shape index (κ2) is 21.7. The van der Waals surface area contributed by atoms with Gasteiger partial charge in [-0.25, -0.2) is 0 Å². The van der Waals surface area contributed by atoms with Gasteiger partial charge in [-0.05, 0) is 6.42 Å². The summed E-state index contributed by atoms with van der Waals surface area (Å²) < 4.78 is 10.5. The monoisotopic (exact) mass is 581 g/mol. The molecule has 0 aromatic rings. The minimum Gasteiger partial charge on any atom is -0.394 e. The summed E-state index contributed by atoms with van der Waals surface area (Å²) in [4.78, 5) is 12.4. The molecule has 1 saturated heterocycles. The number of nitrogens with one attached hydrogen (secondary N) is 1. The maximum Gasteiger partial charge on any atom is 0.251 e. The number of carbonyl (C=O) groups excluding carboxylic acids is 1. The van der Waals surface area contributed by atoms with E-state index in [4.69, 9.17) is 9.47 Å². The van der Waals surface area contributed by atoms with Gasteiger partial charge in [0, 0.05) is 6.54 Å². The van der Waals surface area contributed by atoms with Crippen LogP contribution in [0.25, 0.3) is 0 Å². The van der Waals surface area contributed by atoms with Gasteiger partial charge in [0.2, 0.25) is 0 Å². The Bertz CT molecular complexity index is 641. The van der Waals surface area contributed by atoms with E-state index in [1.165, 1.54) is 64.2 Å². The molecule has 40 heavy (non-hydrogen) atoms. The van der Waals surface area contributed by atoms with Crippen molar-refractivity contribution in [3.8, 4) is 0 Å². The van der Waals surface area contributed by atoms with Crippen molar-refractivity contribution < 1.29 is 55.1 Å². The van der Waals surface area contributed by atoms with Gasteiger partial charge in [0.1, 0.15) is 42.7 Å². The van der Waals surface area contributed by atoms with Crippen LogP contribution < -0.4 is 5.32 Å². The summed E-state index contributed by atoms with van der Waals surface area (Å²) in [7, 11) is 0. The highest BCUT2D eigenvalue weighted by molar-refractivity contribution is 5.81. The fourth-order valence-electron chi connectivity index (χ4n) is 4.81. The van der Waals surface area contributed by atoms with E-state index in [0.717, 1.165) is 19.3 Å². The smallest absolute Gasteiger partial charge is 0.251 e. The zero-order valence-corrected chi connectivity index (χ0v) is 24.0. The summed E-state index contributed by atoms with van der Waals surface area (Å²) in [6, 6.07) is 0. The molecule has 1 aliphatic heterocycles. The molecule has 0 aromatic carbocycles. The molecule has 0 aromatic heterocycles. The van der Waals surface area contributed by atoms with Crippen molar-refractivity contribution in [3.05, 3.63) is 0 Å². The minimum atomic E-state index is -2.04. The van der Waals surface area contributed by atoms with Gasteiger partial charge in [-0.15, -0.1) is 0 Å². The lowest BCUT2D eigenvalue weighted by Crippen LogP contribution is -2.62. The summed E-state index contributed by atoms with van der Waals surface area (Å²) in [5.74, 6) is -0.908. The first kappa shape index (κ1) is 37.1. The maximum atomic E-state index is 12.4. The Morgan fingerprint density at radius 2 is 1.27 bits per heavy atom. The van der Waals surface area contributed by atoms with Crippen molar-refractivity contribution in [2.45, 2.75) is 152 Å². The van der Waals surface area contributed by atoms with E-state index >= 15 is 0 Å². The van der Waals surface area contributed by atoms with E-state index in [1.54, 1.807) is 0 Å². The fraction of sp³-hybridized carbons (Fsp3) is 0.964. The minimum absolute atomic E-state index is 0.279. The van der Waals surface area contributed by atoms with Crippen LogP contribution in [0, 0.1) is 0 Å². The van der Waals surface area contributed by atoms with Crippen LogP contribution in [0.2, 0.25) is 0 Å². The molecule has 12 heteroatoms. The Morgan fingerprint density at radius 1 is 0.775 bits per heavy atom. The Morgan fingerprint density at radius 3 is 1.75 bits per heavy atom. The summed E-state index contributed by atoms with van der Waals surface area (Å²) >= 11 is 0. The number of hydrogen-bond acceptors (Lipinski definition) is 11. The van der Waals surface area contributed by atoms with Gasteiger partial charge < -0.3 is 55.6 Å². The van der Waals surface area contributed by atoms with Crippen LogP contribution >= 0.6 is 0 Å². The van der Waals surface area contributed by atoms with Crippen LogP contribution in [-0.2, 0) is 14.3 Å². The fourth-order valence-corrected chi connectivity index (χ4v) is 4.81. The van der Waals surface area contributed by atoms with Crippen LogP contribution in [0.5, 0.6) is 0 Å². The van der Waals surface area contributed by atoms with Gasteiger partial charge in [-0.1, -0.05) is 90.4 Å². The molecule has 0 saturated carbocycles. The zero-order valence-electron chi connectivity index (χ0n) is 24.0. The Hall–Kier alpha value is -0.930. The number of aliphatic hydroxyl groups is 8. The maximum absolute atomic E-state index is 12.4. The molecule has 0 spiro atoms. The number of amides is 1. The topological polar surface area (TPSA) is 209 Å². The van der Waals surface area contributed by atoms with Crippen molar-refractivity contribution in [2.75, 3.05) is 19.8 Å². The standard InChI is InChI=1S/C28H55NO11/c1-2-3-4-5-6-7-8-9-10-11-12-13-14-15-16-29-27(38)24(36)23(35)26(19(32)17-30)40-28-25(37)22(34)21(33)20(18-31)39-28/h19-26,28,30-37H,2-18H2,1H3,(H,29,38)/t19-,20?,21-,22?,23-,24-,25?,26-,28+/m1/s1. The molecule has 9 N–H and O–H groups in total. The molecule has 1 amide bonds. The SMILES string of the molecule is CCCCCCCCCCCCCCCCNC(=O)[C@H](O)[C@@H](O)[C@H](O[C@@H]1OC(CO)[C@@H](O)C(O)C1O)[C@H](O)CO. The molecular formula is C28H55NO11. The van der Waals surface area contributed by atoms with Crippen molar-refractivity contribution in [3.63, 3.8) is 0 Å². The number of unbranched alkanes of at least 4 members (excludes halogenated alkanes) is 13. The molecule has 1 aliphatic rings. The van der Waals surface area contributed by atoms with Gasteiger partial charge in [-0.2, -0.15) is 0 Å². The molecule has 3 unspecified atom stereocenters. The third kappa shape index (κ3) is 13.4. The van der Waals surface area contributed by atoms with Crippen molar-refractivity contribution >= 4 is 5.91 Å². The molecule has 238 valence electrons. The van der Waals surface area contributed by atoms with Gasteiger partial charge in [-0.3, -0.25) is 4.79 Å². The third-order valence-corrected chi connectivity index (χ3v) is 7.46. The Balaban J connectivity index is 2.32. The van der Waals surface area contributed by atoms with E-state index in [2.05, 4.69) is 12.2 Å². The predicted molar refractivity (Wildman–Crippen MR) is 147 cm³/mol. The van der Waals surface area contributed by atoms with Crippen LogP contribution in [0.3, 0.4) is 0 Å². The molecule has 1 rings (SSSR count). The molecule has 0 radical (unpaired) electrons. The van der Waals surface area contributed by atoms with Gasteiger partial charge in [0.25, 0.3) is 5.91 Å². The van der Waals surface area contributed by atoms with Gasteiger partial charge >= 0.3 is 0 Å². The molecule has 0 bridgehead atoms. The van der Waals surface area contributed by atoms with E-state index in [1.807, 2.05) is 0 Å². The number of hydrogen-bond donors (Lipinski definition) is 9. The highest BCUT2D eigenvalue weighted by atomic mass is 16.7. The third-order valence-electron chi connectivity index (χ3n) is 7.46. The van der Waals surface area contributed by atoms with Crippen LogP contribution in [0.1, 0.15) is 96.8 Å². The number of rotatable bonds is 23. The van der Waals surface area contributed by atoms with Crippen LogP contribution in [-0.4, -0.2) is 122 Å². The summed E-state index contributed by atoms with van der Waals surface area (Å²) in [5.41, 5.74) is 0. The normalized spacial score (nSPS) is 26.3. The van der Waals surface area contributed by atoms with E-state index in [-0.39, 0.29) is 6.54 Å². The summed E-state index contributed by atoms with van der Waals surface area (Å²) in [6.07, 6.45) is 0.720. The molecule has 1 heterocycles. The van der Waals surface area contributed by atoms with Gasteiger partial charge in [0.15, 0.2) is 12.4 Å². The quantitative estimate of drug-likeness (QED) is 0.0724. The lowest BCUT2D eigenvalue weighted by molar-refractivity contribution is -0.326. The number of carbonyl (C=O) groups is 1. The number of ether oxygens (including phenoxy) is 2. The summed E-state index contributed by atoms with van der Waals surface area (Å²) in [6.45, 7) is 0.853. The average Bonchev–Trinajstić information content (AvgIpc) is 2.96. The first-order valence-corrected chi connectivity index (χ1v) is 15.1. The highest BCUT2D eigenvalue weighted by Crippen LogP contribution is 2.25. The molecule has 0 aliphatic carbocycles. The van der Waals surface area contributed by atoms with Crippen molar-refractivity contribution in [1.82, 2.24) is 5.32 Å². The second-order valence-electron chi connectivity index (χ2n) is 10.9. The highest BCUT2D eigenvalue weighted by Gasteiger charge is 2.47. The van der Waals surface area contributed by atoms with E-state index < -0.39 is 74.2 Å². The Kier molecular flexibility index (Phi) is 20.1. The lowest BCUT2D eigenvalue weighted by Gasteiger charge is -2.42. The first-order chi connectivity index (χ1) is 19.2. The van der Waals surface area contributed by atoms with Crippen LogP contribution in [0.4, 0.5) is 0 Å². The van der Waals surface area contributed by atoms with E-state index in [0.29, 0.717) is 6.42 Å². The first-order valence-electron chi connectivity index (χ1n) is 15.1. The zero-order chi connectivity index (χ0) is 29.9. The predicted octanol–water partition coefficient (Wildman–Crippen LogP) is -0.156. The molecule has 1 fully saturated rings. The number of aliphatic hydroxyl groups excluding tert-OH is 8. The average molecular weight is 582 g/mol. The lowest BCUT2D eigenvalue weighted by atomic mass is 9.98. The molecule has 9 atom stereocenters. The van der Waals surface area contributed by atoms with Crippen LogP contribution in [0.15, 0.2) is 0 Å². The molecular weight excluding hydrogens is 526 g/mol. The summed E-state index contributed by atoms with van der Waals surface area (Å²) in [5, 5.41) is 82.1. The second-order valence-corrected chi connectivity index (χ2v) is 10.9. The van der Waals surface area contributed by atoms with Gasteiger partial charge in [0.05, 0.1) is 13.2 Å².